The third-order valence-electron chi connectivity index (χ3n) is 4.96. The zero-order chi connectivity index (χ0) is 20.9. The van der Waals surface area contributed by atoms with Gasteiger partial charge < -0.3 is 19.5 Å². The molecule has 1 amide bonds. The van der Waals surface area contributed by atoms with Crippen molar-refractivity contribution in [3.8, 4) is 17.2 Å². The minimum atomic E-state index is -0.540. The summed E-state index contributed by atoms with van der Waals surface area (Å²) in [5.41, 5.74) is 3.56. The molecule has 6 nitrogen and oxygen atoms in total. The van der Waals surface area contributed by atoms with Crippen molar-refractivity contribution in [1.82, 2.24) is 5.32 Å². The first-order valence-corrected chi connectivity index (χ1v) is 9.76. The molecule has 0 saturated heterocycles. The summed E-state index contributed by atoms with van der Waals surface area (Å²) in [5, 5.41) is 6.37. The Labute approximate surface area is 175 Å². The molecule has 0 radical (unpaired) electrons. The Bertz CT molecular complexity index is 1040. The zero-order valence-corrected chi connectivity index (χ0v) is 17.0. The van der Waals surface area contributed by atoms with E-state index in [0.717, 1.165) is 28.2 Å². The van der Waals surface area contributed by atoms with Crippen LogP contribution in [0.25, 0.3) is 0 Å². The minimum Gasteiger partial charge on any atom is -0.495 e. The van der Waals surface area contributed by atoms with Gasteiger partial charge in [0.05, 0.1) is 12.8 Å². The van der Waals surface area contributed by atoms with Gasteiger partial charge in [0.2, 0.25) is 12.7 Å². The van der Waals surface area contributed by atoms with Crippen molar-refractivity contribution in [3.63, 3.8) is 0 Å². The number of methoxy groups -OCH3 is 1. The lowest BCUT2D eigenvalue weighted by Gasteiger charge is -2.20. The highest BCUT2D eigenvalue weighted by atomic mass is 16.7. The summed E-state index contributed by atoms with van der Waals surface area (Å²) in [5.74, 6) is 1.92. The van der Waals surface area contributed by atoms with Gasteiger partial charge in [-0.15, -0.1) is 0 Å². The van der Waals surface area contributed by atoms with E-state index in [4.69, 9.17) is 14.2 Å². The third kappa shape index (κ3) is 4.39. The SMILES string of the molecule is COc1ccc(C)cc1NC(=O)[C@H](NCc1ccc2c(c1)OCO2)c1ccccc1. The molecule has 1 heterocycles. The van der Waals surface area contributed by atoms with E-state index >= 15 is 0 Å². The van der Waals surface area contributed by atoms with E-state index in [1.165, 1.54) is 0 Å². The topological polar surface area (TPSA) is 68.8 Å². The molecule has 2 N–H and O–H groups in total. The number of benzene rings is 3. The van der Waals surface area contributed by atoms with Gasteiger partial charge in [-0.2, -0.15) is 0 Å². The van der Waals surface area contributed by atoms with Crippen molar-refractivity contribution in [2.24, 2.45) is 0 Å². The van der Waals surface area contributed by atoms with E-state index in [1.54, 1.807) is 7.11 Å². The zero-order valence-electron chi connectivity index (χ0n) is 17.0. The van der Waals surface area contributed by atoms with Crippen LogP contribution < -0.4 is 24.8 Å². The second-order valence-corrected chi connectivity index (χ2v) is 7.11. The molecular formula is C24H24N2O4. The predicted octanol–water partition coefficient (Wildman–Crippen LogP) is 4.20. The molecule has 154 valence electrons. The van der Waals surface area contributed by atoms with E-state index in [-0.39, 0.29) is 12.7 Å². The second kappa shape index (κ2) is 8.88. The van der Waals surface area contributed by atoms with Crippen molar-refractivity contribution >= 4 is 11.6 Å². The Kier molecular flexibility index (Phi) is 5.86. The standard InChI is InChI=1S/C24H24N2O4/c1-16-8-10-20(28-2)19(12-16)26-24(27)23(18-6-4-3-5-7-18)25-14-17-9-11-21-22(13-17)30-15-29-21/h3-13,23,25H,14-15H2,1-2H3,(H,26,27)/t23-/m1/s1. The van der Waals surface area contributed by atoms with E-state index in [2.05, 4.69) is 10.6 Å². The third-order valence-corrected chi connectivity index (χ3v) is 4.96. The van der Waals surface area contributed by atoms with Crippen molar-refractivity contribution in [3.05, 3.63) is 83.4 Å². The smallest absolute Gasteiger partial charge is 0.246 e. The number of fused-ring (bicyclic) bond motifs is 1. The Hall–Kier alpha value is -3.51. The Balaban J connectivity index is 1.54. The molecular weight excluding hydrogens is 380 g/mol. The molecule has 0 unspecified atom stereocenters. The van der Waals surface area contributed by atoms with Gasteiger partial charge in [-0.25, -0.2) is 0 Å². The summed E-state index contributed by atoms with van der Waals surface area (Å²) >= 11 is 0. The van der Waals surface area contributed by atoms with Gasteiger partial charge in [0.25, 0.3) is 0 Å². The summed E-state index contributed by atoms with van der Waals surface area (Å²) in [6.07, 6.45) is 0. The second-order valence-electron chi connectivity index (χ2n) is 7.11. The van der Waals surface area contributed by atoms with Crippen molar-refractivity contribution in [2.75, 3.05) is 19.2 Å². The van der Waals surface area contributed by atoms with Crippen LogP contribution >= 0.6 is 0 Å². The van der Waals surface area contributed by atoms with Crippen molar-refractivity contribution < 1.29 is 19.0 Å². The van der Waals surface area contributed by atoms with Crippen LogP contribution in [0.15, 0.2) is 66.7 Å². The summed E-state index contributed by atoms with van der Waals surface area (Å²) in [6, 6.07) is 20.6. The molecule has 1 aliphatic heterocycles. The average molecular weight is 404 g/mol. The summed E-state index contributed by atoms with van der Waals surface area (Å²) in [6.45, 7) is 2.70. The van der Waals surface area contributed by atoms with Crippen LogP contribution in [0.4, 0.5) is 5.69 Å². The maximum absolute atomic E-state index is 13.2. The summed E-state index contributed by atoms with van der Waals surface area (Å²) in [7, 11) is 1.59. The largest absolute Gasteiger partial charge is 0.495 e. The number of hydrogen-bond acceptors (Lipinski definition) is 5. The number of carbonyl (C=O) groups is 1. The summed E-state index contributed by atoms with van der Waals surface area (Å²) in [4.78, 5) is 13.2. The number of nitrogens with one attached hydrogen (secondary N) is 2. The van der Waals surface area contributed by atoms with Gasteiger partial charge in [0, 0.05) is 6.54 Å². The molecule has 0 aromatic heterocycles. The maximum Gasteiger partial charge on any atom is 0.246 e. The number of amides is 1. The number of ether oxygens (including phenoxy) is 3. The molecule has 1 atom stereocenters. The van der Waals surface area contributed by atoms with Crippen LogP contribution in [0, 0.1) is 6.92 Å². The molecule has 30 heavy (non-hydrogen) atoms. The Morgan fingerprint density at radius 2 is 1.83 bits per heavy atom. The van der Waals surface area contributed by atoms with E-state index < -0.39 is 6.04 Å². The first-order chi connectivity index (χ1) is 14.6. The number of rotatable bonds is 7. The first kappa shape index (κ1) is 19.8. The molecule has 0 spiro atoms. The highest BCUT2D eigenvalue weighted by Crippen LogP contribution is 2.33. The quantitative estimate of drug-likeness (QED) is 0.618. The number of anilines is 1. The molecule has 4 rings (SSSR count). The Morgan fingerprint density at radius 1 is 1.03 bits per heavy atom. The van der Waals surface area contributed by atoms with Gasteiger partial charge >= 0.3 is 0 Å². The first-order valence-electron chi connectivity index (χ1n) is 9.76. The highest BCUT2D eigenvalue weighted by molar-refractivity contribution is 5.96. The van der Waals surface area contributed by atoms with E-state index in [9.17, 15) is 4.79 Å². The van der Waals surface area contributed by atoms with Crippen LogP contribution in [0.3, 0.4) is 0 Å². The van der Waals surface area contributed by atoms with Crippen molar-refractivity contribution in [2.45, 2.75) is 19.5 Å². The fourth-order valence-corrected chi connectivity index (χ4v) is 3.40. The van der Waals surface area contributed by atoms with Gasteiger partial charge in [-0.1, -0.05) is 42.5 Å². The minimum absolute atomic E-state index is 0.161. The van der Waals surface area contributed by atoms with Gasteiger partial charge in [0.1, 0.15) is 11.8 Å². The predicted molar refractivity (Wildman–Crippen MR) is 115 cm³/mol. The molecule has 0 saturated carbocycles. The van der Waals surface area contributed by atoms with Crippen LogP contribution in [-0.4, -0.2) is 19.8 Å². The lowest BCUT2D eigenvalue weighted by molar-refractivity contribution is -0.118. The Morgan fingerprint density at radius 3 is 2.63 bits per heavy atom. The molecule has 6 heteroatoms. The van der Waals surface area contributed by atoms with E-state index in [0.29, 0.717) is 18.0 Å². The normalized spacial score (nSPS) is 13.0. The average Bonchev–Trinajstić information content (AvgIpc) is 3.23. The number of aryl methyl sites for hydroxylation is 1. The maximum atomic E-state index is 13.2. The lowest BCUT2D eigenvalue weighted by Crippen LogP contribution is -2.32. The van der Waals surface area contributed by atoms with Crippen LogP contribution in [0.2, 0.25) is 0 Å². The molecule has 0 bridgehead atoms. The lowest BCUT2D eigenvalue weighted by atomic mass is 10.0. The molecule has 3 aromatic rings. The highest BCUT2D eigenvalue weighted by Gasteiger charge is 2.22. The van der Waals surface area contributed by atoms with E-state index in [1.807, 2.05) is 73.7 Å². The fraction of sp³-hybridized carbons (Fsp3) is 0.208. The molecule has 0 fully saturated rings. The van der Waals surface area contributed by atoms with Crippen LogP contribution in [-0.2, 0) is 11.3 Å². The monoisotopic (exact) mass is 404 g/mol. The van der Waals surface area contributed by atoms with Gasteiger partial charge in [-0.05, 0) is 47.9 Å². The summed E-state index contributed by atoms with van der Waals surface area (Å²) < 4.78 is 16.2. The van der Waals surface area contributed by atoms with Gasteiger partial charge in [0.15, 0.2) is 11.5 Å². The van der Waals surface area contributed by atoms with Crippen LogP contribution in [0.5, 0.6) is 17.2 Å². The fourth-order valence-electron chi connectivity index (χ4n) is 3.40. The number of carbonyl (C=O) groups excluding carboxylic acids is 1. The van der Waals surface area contributed by atoms with Crippen molar-refractivity contribution in [1.29, 1.82) is 0 Å². The molecule has 1 aliphatic rings. The molecule has 3 aromatic carbocycles. The number of hydrogen-bond donors (Lipinski definition) is 2. The van der Waals surface area contributed by atoms with Gasteiger partial charge in [-0.3, -0.25) is 10.1 Å². The van der Waals surface area contributed by atoms with Crippen LogP contribution in [0.1, 0.15) is 22.7 Å². The molecule has 0 aliphatic carbocycles.